The van der Waals surface area contributed by atoms with Gasteiger partial charge in [-0.15, -0.1) is 23.2 Å². The van der Waals surface area contributed by atoms with Crippen molar-refractivity contribution < 1.29 is 45.5 Å². The lowest BCUT2D eigenvalue weighted by Gasteiger charge is -2.52. The highest BCUT2D eigenvalue weighted by molar-refractivity contribution is 6.21. The normalized spacial score (nSPS) is 32.7. The number of nitrogens with zero attached hydrogens (tertiary/aromatic N) is 4. The average Bonchev–Trinajstić information content (AvgIpc) is 2.77. The van der Waals surface area contributed by atoms with Crippen molar-refractivity contribution in [1.29, 1.82) is 0 Å². The topological polar surface area (TPSA) is 81.2 Å². The van der Waals surface area contributed by atoms with Gasteiger partial charge in [0.05, 0.1) is 22.8 Å². The molecule has 3 rings (SSSR count). The first-order chi connectivity index (χ1) is 16.5. The van der Waals surface area contributed by atoms with Crippen molar-refractivity contribution in [2.75, 3.05) is 27.2 Å². The SMILES string of the molecule is CN1C(=O)C(C2CCC(Cl)CN2C(=O)C(F)(F)F)N(C)C(=O)C1C1CCC(Cl)CN1C(=O)C(F)(F)F. The summed E-state index contributed by atoms with van der Waals surface area (Å²) in [5.41, 5.74) is 0. The first kappa shape index (κ1) is 28.6. The molecule has 6 atom stereocenters. The molecule has 0 aromatic heterocycles. The Morgan fingerprint density at radius 1 is 0.694 bits per heavy atom. The molecule has 0 radical (unpaired) electrons. The van der Waals surface area contributed by atoms with Crippen LogP contribution in [-0.4, -0.2) is 118 Å². The number of piperidine rings is 2. The zero-order chi connectivity index (χ0) is 27.3. The van der Waals surface area contributed by atoms with E-state index < -0.39 is 84.0 Å². The molecule has 3 aliphatic rings. The molecule has 0 N–H and O–H groups in total. The van der Waals surface area contributed by atoms with E-state index in [1.54, 1.807) is 0 Å². The van der Waals surface area contributed by atoms with Gasteiger partial charge in [0, 0.05) is 27.2 Å². The third-order valence-electron chi connectivity index (χ3n) is 6.91. The van der Waals surface area contributed by atoms with E-state index in [1.165, 1.54) is 0 Å². The third-order valence-corrected chi connectivity index (χ3v) is 7.63. The van der Waals surface area contributed by atoms with Crippen LogP contribution in [0.1, 0.15) is 25.7 Å². The van der Waals surface area contributed by atoms with Crippen molar-refractivity contribution in [3.05, 3.63) is 0 Å². The van der Waals surface area contributed by atoms with Crippen molar-refractivity contribution in [2.45, 2.75) is 73.0 Å². The van der Waals surface area contributed by atoms with Crippen LogP contribution in [0.25, 0.3) is 0 Å². The Hall–Kier alpha value is -1.96. The van der Waals surface area contributed by atoms with Gasteiger partial charge in [-0.1, -0.05) is 0 Å². The molecule has 6 unspecified atom stereocenters. The molecule has 0 spiro atoms. The summed E-state index contributed by atoms with van der Waals surface area (Å²) in [5, 5.41) is -1.60. The highest BCUT2D eigenvalue weighted by Gasteiger charge is 2.57. The van der Waals surface area contributed by atoms with E-state index in [-0.39, 0.29) is 25.7 Å². The molecule has 3 fully saturated rings. The van der Waals surface area contributed by atoms with Crippen LogP contribution in [0, 0.1) is 0 Å². The van der Waals surface area contributed by atoms with E-state index in [2.05, 4.69) is 0 Å². The van der Waals surface area contributed by atoms with E-state index in [1.807, 2.05) is 0 Å². The second kappa shape index (κ2) is 10.1. The maximum absolute atomic E-state index is 13.4. The molecule has 0 aromatic rings. The minimum atomic E-state index is -5.25. The summed E-state index contributed by atoms with van der Waals surface area (Å²) in [6.45, 7) is -1.01. The number of hydrogen-bond acceptors (Lipinski definition) is 4. The van der Waals surface area contributed by atoms with Crippen molar-refractivity contribution in [3.8, 4) is 0 Å². The number of rotatable bonds is 2. The number of likely N-dealkylation sites (N-methyl/N-ethyl adjacent to an activating group) is 2. The molecule has 0 bridgehead atoms. The third kappa shape index (κ3) is 5.34. The van der Waals surface area contributed by atoms with Gasteiger partial charge < -0.3 is 19.6 Å². The van der Waals surface area contributed by atoms with Crippen LogP contribution in [0.2, 0.25) is 0 Å². The first-order valence-electron chi connectivity index (χ1n) is 11.0. The van der Waals surface area contributed by atoms with Crippen LogP contribution >= 0.6 is 23.2 Å². The van der Waals surface area contributed by atoms with Crippen LogP contribution in [0.5, 0.6) is 0 Å². The predicted molar refractivity (Wildman–Crippen MR) is 114 cm³/mol. The van der Waals surface area contributed by atoms with Gasteiger partial charge in [0.1, 0.15) is 12.1 Å². The van der Waals surface area contributed by atoms with Gasteiger partial charge in [0.25, 0.3) is 0 Å². The minimum absolute atomic E-state index is 0.113. The molecular formula is C20H24Cl2F6N4O4. The second-order valence-electron chi connectivity index (χ2n) is 9.18. The van der Waals surface area contributed by atoms with Crippen LogP contribution < -0.4 is 0 Å². The molecule has 3 aliphatic heterocycles. The van der Waals surface area contributed by atoms with Crippen LogP contribution in [0.4, 0.5) is 26.3 Å². The Kier molecular flexibility index (Phi) is 8.00. The first-order valence-corrected chi connectivity index (χ1v) is 11.9. The van der Waals surface area contributed by atoms with Gasteiger partial charge in [-0.25, -0.2) is 0 Å². The van der Waals surface area contributed by atoms with Crippen LogP contribution in [0.3, 0.4) is 0 Å². The molecule has 36 heavy (non-hydrogen) atoms. The number of amides is 4. The number of hydrogen-bond donors (Lipinski definition) is 0. The fourth-order valence-electron chi connectivity index (χ4n) is 5.21. The molecule has 0 saturated carbocycles. The fourth-order valence-corrected chi connectivity index (χ4v) is 5.76. The Balaban J connectivity index is 1.94. The lowest BCUT2D eigenvalue weighted by molar-refractivity contribution is -0.195. The van der Waals surface area contributed by atoms with E-state index >= 15 is 0 Å². The number of alkyl halides is 8. The van der Waals surface area contributed by atoms with Gasteiger partial charge in [-0.3, -0.25) is 19.2 Å². The molecule has 4 amide bonds. The highest BCUT2D eigenvalue weighted by atomic mass is 35.5. The smallest absolute Gasteiger partial charge is 0.330 e. The molecule has 204 valence electrons. The van der Waals surface area contributed by atoms with Crippen molar-refractivity contribution >= 4 is 46.8 Å². The number of carbonyl (C=O) groups excluding carboxylic acids is 4. The zero-order valence-electron chi connectivity index (χ0n) is 19.2. The molecule has 8 nitrogen and oxygen atoms in total. The van der Waals surface area contributed by atoms with Crippen molar-refractivity contribution in [2.24, 2.45) is 0 Å². The van der Waals surface area contributed by atoms with E-state index in [4.69, 9.17) is 23.2 Å². The lowest BCUT2D eigenvalue weighted by atomic mass is 9.87. The molecule has 0 aromatic carbocycles. The molecule has 3 saturated heterocycles. The fraction of sp³-hybridized carbons (Fsp3) is 0.800. The minimum Gasteiger partial charge on any atom is -0.330 e. The number of carbonyl (C=O) groups is 4. The maximum Gasteiger partial charge on any atom is 0.471 e. The van der Waals surface area contributed by atoms with Gasteiger partial charge in [-0.05, 0) is 25.7 Å². The van der Waals surface area contributed by atoms with Gasteiger partial charge in [0.15, 0.2) is 0 Å². The Bertz CT molecular complexity index is 848. The van der Waals surface area contributed by atoms with Crippen molar-refractivity contribution in [3.63, 3.8) is 0 Å². The van der Waals surface area contributed by atoms with E-state index in [0.717, 1.165) is 23.9 Å². The summed E-state index contributed by atoms with van der Waals surface area (Å²) >= 11 is 12.0. The molecule has 0 aliphatic carbocycles. The van der Waals surface area contributed by atoms with Gasteiger partial charge in [0.2, 0.25) is 11.8 Å². The summed E-state index contributed by atoms with van der Waals surface area (Å²) in [6.07, 6.45) is -10.4. The van der Waals surface area contributed by atoms with E-state index in [9.17, 15) is 45.5 Å². The molecular weight excluding hydrogens is 545 g/mol. The second-order valence-corrected chi connectivity index (χ2v) is 10.4. The maximum atomic E-state index is 13.4. The largest absolute Gasteiger partial charge is 0.471 e. The van der Waals surface area contributed by atoms with E-state index in [0.29, 0.717) is 9.80 Å². The Morgan fingerprint density at radius 3 is 1.28 bits per heavy atom. The zero-order valence-corrected chi connectivity index (χ0v) is 20.7. The van der Waals surface area contributed by atoms with Crippen molar-refractivity contribution in [1.82, 2.24) is 19.6 Å². The summed E-state index contributed by atoms with van der Waals surface area (Å²) < 4.78 is 79.5. The average molecular weight is 569 g/mol. The lowest BCUT2D eigenvalue weighted by Crippen LogP contribution is -2.73. The van der Waals surface area contributed by atoms with Crippen LogP contribution in [-0.2, 0) is 19.2 Å². The standard InChI is InChI=1S/C20H24Cl2F6N4O4/c1-29-13(11-5-3-9(21)7-31(11)17(35)19(23,24)25)16(34)30(2)14(15(29)33)12-6-4-10(22)8-32(12)18(36)20(26,27)28/h9-14H,3-8H2,1-2H3. The number of piperazine rings is 1. The van der Waals surface area contributed by atoms with Crippen LogP contribution in [0.15, 0.2) is 0 Å². The van der Waals surface area contributed by atoms with Gasteiger partial charge >= 0.3 is 24.2 Å². The Labute approximate surface area is 212 Å². The van der Waals surface area contributed by atoms with Gasteiger partial charge in [-0.2, -0.15) is 26.3 Å². The monoisotopic (exact) mass is 568 g/mol. The molecule has 16 heteroatoms. The number of halogens is 8. The molecule has 3 heterocycles. The highest BCUT2D eigenvalue weighted by Crippen LogP contribution is 2.36. The summed E-state index contributed by atoms with van der Waals surface area (Å²) in [6, 6.07) is -5.76. The number of likely N-dealkylation sites (tertiary alicyclic amines) is 2. The summed E-state index contributed by atoms with van der Waals surface area (Å²) in [5.74, 6) is -6.16. The summed E-state index contributed by atoms with van der Waals surface area (Å²) in [4.78, 5) is 53.6. The quantitative estimate of drug-likeness (QED) is 0.377. The predicted octanol–water partition coefficient (Wildman–Crippen LogP) is 1.98. The summed E-state index contributed by atoms with van der Waals surface area (Å²) in [7, 11) is 2.27. The Morgan fingerprint density at radius 2 is 1.00 bits per heavy atom.